The van der Waals surface area contributed by atoms with Crippen LogP contribution in [0.3, 0.4) is 0 Å². The maximum Gasteiger partial charge on any atom is 0.284 e. The van der Waals surface area contributed by atoms with Crippen LogP contribution in [-0.2, 0) is 10.8 Å². The van der Waals surface area contributed by atoms with Gasteiger partial charge in [0.25, 0.3) is 5.56 Å². The van der Waals surface area contributed by atoms with Crippen molar-refractivity contribution in [2.45, 2.75) is 23.8 Å². The van der Waals surface area contributed by atoms with Crippen LogP contribution in [0.5, 0.6) is 0 Å². The first-order valence-electron chi connectivity index (χ1n) is 10.8. The highest BCUT2D eigenvalue weighted by Gasteiger charge is 2.34. The van der Waals surface area contributed by atoms with Gasteiger partial charge in [-0.25, -0.2) is 14.5 Å². The van der Waals surface area contributed by atoms with E-state index < -0.39 is 10.8 Å². The Kier molecular flexibility index (Phi) is 5.00. The summed E-state index contributed by atoms with van der Waals surface area (Å²) in [6, 6.07) is 10.9. The molecule has 1 N–H and O–H groups in total. The summed E-state index contributed by atoms with van der Waals surface area (Å²) in [5.41, 5.74) is 1.44. The van der Waals surface area contributed by atoms with Gasteiger partial charge in [0.1, 0.15) is 23.3 Å². The summed E-state index contributed by atoms with van der Waals surface area (Å²) in [5.74, 6) is 1.27. The van der Waals surface area contributed by atoms with E-state index in [0.29, 0.717) is 45.0 Å². The average Bonchev–Trinajstić information content (AvgIpc) is 3.57. The number of halogens is 1. The fraction of sp³-hybridized carbons (Fsp3) is 0.217. The van der Waals surface area contributed by atoms with Crippen molar-refractivity contribution in [3.05, 3.63) is 76.3 Å². The van der Waals surface area contributed by atoms with Crippen molar-refractivity contribution >= 4 is 44.8 Å². The van der Waals surface area contributed by atoms with Crippen molar-refractivity contribution in [2.24, 2.45) is 0 Å². The molecule has 1 saturated heterocycles. The van der Waals surface area contributed by atoms with Crippen LogP contribution in [-0.4, -0.2) is 46.1 Å². The lowest BCUT2D eigenvalue weighted by atomic mass is 10.2. The second kappa shape index (κ2) is 8.07. The maximum absolute atomic E-state index is 13.7. The number of hydrogen-bond acceptors (Lipinski definition) is 6. The molecule has 1 aromatic carbocycles. The lowest BCUT2D eigenvalue weighted by Crippen LogP contribution is -2.33. The summed E-state index contributed by atoms with van der Waals surface area (Å²) in [4.78, 5) is 28.5. The first-order chi connectivity index (χ1) is 16.5. The molecule has 0 amide bonds. The summed E-state index contributed by atoms with van der Waals surface area (Å²) in [6.07, 6.45) is 8.22. The average molecular weight is 494 g/mol. The van der Waals surface area contributed by atoms with Crippen molar-refractivity contribution in [2.75, 3.05) is 17.7 Å². The minimum atomic E-state index is -1.22. The van der Waals surface area contributed by atoms with Gasteiger partial charge in [0.15, 0.2) is 5.82 Å². The molecule has 0 radical (unpaired) electrons. The first-order valence-corrected chi connectivity index (χ1v) is 12.8. The third-order valence-electron chi connectivity index (χ3n) is 6.22. The zero-order valence-electron chi connectivity index (χ0n) is 18.2. The van der Waals surface area contributed by atoms with Crippen LogP contribution in [0.4, 0.5) is 5.82 Å². The van der Waals surface area contributed by atoms with E-state index in [2.05, 4.69) is 19.9 Å². The molecule has 1 aliphatic rings. The number of para-hydroxylation sites is 1. The predicted octanol–water partition coefficient (Wildman–Crippen LogP) is 3.49. The van der Waals surface area contributed by atoms with Crippen LogP contribution >= 0.6 is 11.6 Å². The molecular weight excluding hydrogens is 474 g/mol. The smallest absolute Gasteiger partial charge is 0.284 e. The molecule has 0 aliphatic carbocycles. The molecule has 1 fully saturated rings. The molecule has 4 aromatic heterocycles. The van der Waals surface area contributed by atoms with Gasteiger partial charge in [-0.05, 0) is 31.0 Å². The topological polar surface area (TPSA) is 101 Å². The van der Waals surface area contributed by atoms with E-state index in [0.717, 1.165) is 18.2 Å². The van der Waals surface area contributed by atoms with Gasteiger partial charge in [0.2, 0.25) is 0 Å². The zero-order chi connectivity index (χ0) is 23.4. The Hall–Kier alpha value is -3.50. The summed E-state index contributed by atoms with van der Waals surface area (Å²) >= 11 is 6.34. The van der Waals surface area contributed by atoms with E-state index in [1.54, 1.807) is 33.8 Å². The minimum Gasteiger partial charge on any atom is -0.346 e. The molecule has 9 nitrogen and oxygen atoms in total. The summed E-state index contributed by atoms with van der Waals surface area (Å²) in [7, 11) is -1.22. The molecule has 2 atom stereocenters. The van der Waals surface area contributed by atoms with Crippen molar-refractivity contribution in [1.29, 1.82) is 0 Å². The van der Waals surface area contributed by atoms with E-state index in [1.165, 1.54) is 6.33 Å². The second-order valence-corrected chi connectivity index (χ2v) is 9.93. The largest absolute Gasteiger partial charge is 0.346 e. The third kappa shape index (κ3) is 3.17. The molecular formula is C23H20ClN7O2S. The highest BCUT2D eigenvalue weighted by atomic mass is 35.5. The van der Waals surface area contributed by atoms with Crippen LogP contribution in [0.2, 0.25) is 5.02 Å². The number of fused-ring (bicyclic) bond motifs is 2. The van der Waals surface area contributed by atoms with Crippen LogP contribution in [0, 0.1) is 0 Å². The van der Waals surface area contributed by atoms with Crippen molar-refractivity contribution in [1.82, 2.24) is 29.1 Å². The highest BCUT2D eigenvalue weighted by molar-refractivity contribution is 7.84. The van der Waals surface area contributed by atoms with E-state index >= 15 is 0 Å². The predicted molar refractivity (Wildman–Crippen MR) is 131 cm³/mol. The fourth-order valence-electron chi connectivity index (χ4n) is 4.74. The normalized spacial score (nSPS) is 17.1. The van der Waals surface area contributed by atoms with E-state index in [-0.39, 0.29) is 11.6 Å². The summed E-state index contributed by atoms with van der Waals surface area (Å²) in [6.45, 7) is 0.715. The third-order valence-corrected chi connectivity index (χ3v) is 7.47. The lowest BCUT2D eigenvalue weighted by Gasteiger charge is -2.27. The van der Waals surface area contributed by atoms with Crippen molar-refractivity contribution in [3.63, 3.8) is 0 Å². The van der Waals surface area contributed by atoms with Gasteiger partial charge in [-0.3, -0.25) is 13.6 Å². The van der Waals surface area contributed by atoms with Crippen LogP contribution in [0.15, 0.2) is 64.8 Å². The number of aromatic nitrogens is 6. The number of anilines is 1. The highest BCUT2D eigenvalue weighted by Crippen LogP contribution is 2.39. The Morgan fingerprint density at radius 1 is 1.18 bits per heavy atom. The van der Waals surface area contributed by atoms with E-state index in [1.807, 2.05) is 30.3 Å². The first kappa shape index (κ1) is 21.1. The van der Waals surface area contributed by atoms with Crippen molar-refractivity contribution in [3.8, 4) is 5.69 Å². The monoisotopic (exact) mass is 493 g/mol. The Labute approximate surface area is 201 Å². The van der Waals surface area contributed by atoms with Gasteiger partial charge in [-0.15, -0.1) is 0 Å². The molecule has 6 rings (SSSR count). The van der Waals surface area contributed by atoms with E-state index in [4.69, 9.17) is 16.7 Å². The Morgan fingerprint density at radius 2 is 2.00 bits per heavy atom. The van der Waals surface area contributed by atoms with Gasteiger partial charge in [-0.1, -0.05) is 29.8 Å². The maximum atomic E-state index is 13.7. The standard InChI is InChI=1S/C23H20ClN7O2S/c1-34(33)17-12-25-20-18(17)22(27-13-26-20)29-10-5-8-16(29)21-28-30-11-9-15(24)19(30)23(32)31(21)14-6-3-2-4-7-14/h2-4,6-7,9,11-13,16H,5,8,10H2,1H3,(H,25,26,27)/t16?,34-/m1/s1. The second-order valence-electron chi connectivity index (χ2n) is 8.17. The molecule has 1 aliphatic heterocycles. The molecule has 5 aromatic rings. The number of hydrogen-bond donors (Lipinski definition) is 1. The fourth-order valence-corrected chi connectivity index (χ4v) is 5.67. The van der Waals surface area contributed by atoms with Crippen molar-refractivity contribution < 1.29 is 4.21 Å². The van der Waals surface area contributed by atoms with Gasteiger partial charge < -0.3 is 9.88 Å². The quantitative estimate of drug-likeness (QED) is 0.411. The Bertz CT molecular complexity index is 1630. The lowest BCUT2D eigenvalue weighted by molar-refractivity contribution is 0.602. The van der Waals surface area contributed by atoms with Gasteiger partial charge in [-0.2, -0.15) is 5.10 Å². The number of rotatable bonds is 4. The number of H-pyrrole nitrogens is 1. The molecule has 0 bridgehead atoms. The molecule has 34 heavy (non-hydrogen) atoms. The summed E-state index contributed by atoms with van der Waals surface area (Å²) < 4.78 is 15.6. The van der Waals surface area contributed by atoms with Gasteiger partial charge in [0, 0.05) is 25.2 Å². The molecule has 0 saturated carbocycles. The Morgan fingerprint density at radius 3 is 2.79 bits per heavy atom. The van der Waals surface area contributed by atoms with Gasteiger partial charge >= 0.3 is 0 Å². The number of benzene rings is 1. The number of aromatic amines is 1. The van der Waals surface area contributed by atoms with Crippen LogP contribution in [0.1, 0.15) is 24.7 Å². The SMILES string of the molecule is C[S@@](=O)c1c[nH]c2ncnc(N3CCCC3c3nn4ccc(Cl)c4c(=O)n3-c3ccccc3)c12. The van der Waals surface area contributed by atoms with E-state index in [9.17, 15) is 9.00 Å². The zero-order valence-corrected chi connectivity index (χ0v) is 19.8. The molecule has 172 valence electrons. The van der Waals surface area contributed by atoms with Gasteiger partial charge in [0.05, 0.1) is 37.8 Å². The van der Waals surface area contributed by atoms with Crippen LogP contribution in [0.25, 0.3) is 22.2 Å². The molecule has 5 heterocycles. The molecule has 1 unspecified atom stereocenters. The number of nitrogens with one attached hydrogen (secondary N) is 1. The Balaban J connectivity index is 1.60. The number of nitrogens with zero attached hydrogens (tertiary/aromatic N) is 6. The molecule has 11 heteroatoms. The minimum absolute atomic E-state index is 0.232. The van der Waals surface area contributed by atoms with Crippen LogP contribution < -0.4 is 10.5 Å². The summed E-state index contributed by atoms with van der Waals surface area (Å²) in [5, 5.41) is 5.95. The molecule has 0 spiro atoms.